The van der Waals surface area contributed by atoms with Gasteiger partial charge in [-0.2, -0.15) is 0 Å². The molecule has 2 aromatic carbocycles. The quantitative estimate of drug-likeness (QED) is 0.291. The third-order valence-corrected chi connectivity index (χ3v) is 7.57. The molecule has 2 aromatic rings. The van der Waals surface area contributed by atoms with E-state index in [0.717, 1.165) is 18.2 Å². The fourth-order valence-electron chi connectivity index (χ4n) is 5.50. The number of carbonyl (C=O) groups is 1. The molecule has 0 spiro atoms. The first-order chi connectivity index (χ1) is 20.8. The van der Waals surface area contributed by atoms with E-state index in [1.165, 1.54) is 7.11 Å². The van der Waals surface area contributed by atoms with Crippen LogP contribution in [0.15, 0.2) is 36.4 Å². The summed E-state index contributed by atoms with van der Waals surface area (Å²) in [5.41, 5.74) is 1.72. The molecule has 3 saturated heterocycles. The molecule has 0 aliphatic carbocycles. The molecule has 43 heavy (non-hydrogen) atoms. The lowest BCUT2D eigenvalue weighted by Crippen LogP contribution is -2.61. The van der Waals surface area contributed by atoms with E-state index in [2.05, 4.69) is 0 Å². The molecule has 3 heterocycles. The minimum atomic E-state index is -1.82. The zero-order chi connectivity index (χ0) is 31.8. The maximum absolute atomic E-state index is 11.5. The van der Waals surface area contributed by atoms with Gasteiger partial charge in [0.05, 0.1) is 46.8 Å². The number of aliphatic hydroxyl groups is 4. The Morgan fingerprint density at radius 1 is 0.721 bits per heavy atom. The number of methoxy groups -OCH3 is 3. The zero-order valence-corrected chi connectivity index (χ0v) is 25.1. The number of fused-ring (bicyclic) bond motifs is 1. The molecule has 0 aromatic heterocycles. The summed E-state index contributed by atoms with van der Waals surface area (Å²) >= 11 is 0. The van der Waals surface area contributed by atoms with Crippen molar-refractivity contribution in [1.82, 2.24) is 0 Å². The standard InChI is InChI=1S/C27H32O12.C2H6.CH4O/c1-33-16-6-4-12(8-18(16)35-3)23-14-10-37-24(15(14)11-36-23)13-5-7-17(34-2)19(9-13)38-27-22(30)20(28)21(29)25(39-27)26(31)32;2*1-2/h4-9,14-15,20-25,27-30H,10-11H2,1-3H3,(H,31,32);1-2H3;2H,1H3/t14?,15?,20?,21-,22+,23-,24?,25-,27?;;/m1../s1. The van der Waals surface area contributed by atoms with Gasteiger partial charge in [-0.25, -0.2) is 4.79 Å². The van der Waals surface area contributed by atoms with Gasteiger partial charge in [-0.15, -0.1) is 0 Å². The van der Waals surface area contributed by atoms with Crippen molar-refractivity contribution in [3.8, 4) is 23.0 Å². The van der Waals surface area contributed by atoms with Crippen LogP contribution in [-0.2, 0) is 19.0 Å². The molecule has 0 amide bonds. The van der Waals surface area contributed by atoms with Gasteiger partial charge in [-0.3, -0.25) is 0 Å². The van der Waals surface area contributed by atoms with Crippen LogP contribution in [0.25, 0.3) is 0 Å². The van der Waals surface area contributed by atoms with Crippen LogP contribution in [0.4, 0.5) is 0 Å². The Labute approximate surface area is 250 Å². The average Bonchev–Trinajstić information content (AvgIpc) is 3.65. The lowest BCUT2D eigenvalue weighted by Gasteiger charge is -2.38. The van der Waals surface area contributed by atoms with Crippen molar-refractivity contribution in [1.29, 1.82) is 0 Å². The number of carboxylic acid groups (broad SMARTS) is 1. The summed E-state index contributed by atoms with van der Waals surface area (Å²) < 4.78 is 39.7. The van der Waals surface area contributed by atoms with Crippen LogP contribution in [0.1, 0.15) is 37.2 Å². The monoisotopic (exact) mass is 610 g/mol. The number of rotatable bonds is 8. The molecule has 3 aliphatic rings. The molecule has 0 saturated carbocycles. The fourth-order valence-corrected chi connectivity index (χ4v) is 5.50. The number of aliphatic carboxylic acids is 1. The van der Waals surface area contributed by atoms with Crippen molar-refractivity contribution >= 4 is 5.97 Å². The van der Waals surface area contributed by atoms with Gasteiger partial charge in [0, 0.05) is 18.9 Å². The van der Waals surface area contributed by atoms with E-state index < -0.39 is 36.7 Å². The van der Waals surface area contributed by atoms with Crippen LogP contribution in [0.5, 0.6) is 23.0 Å². The molecule has 13 nitrogen and oxygen atoms in total. The molecule has 5 rings (SSSR count). The summed E-state index contributed by atoms with van der Waals surface area (Å²) in [5.74, 6) is 0.301. The van der Waals surface area contributed by atoms with Crippen LogP contribution >= 0.6 is 0 Å². The minimum absolute atomic E-state index is 0.0363. The Bertz CT molecular complexity index is 1190. The highest BCUT2D eigenvalue weighted by atomic mass is 16.7. The summed E-state index contributed by atoms with van der Waals surface area (Å²) in [4.78, 5) is 11.5. The Morgan fingerprint density at radius 2 is 1.19 bits per heavy atom. The first kappa shape index (κ1) is 34.3. The van der Waals surface area contributed by atoms with Gasteiger partial charge in [0.1, 0.15) is 18.3 Å². The predicted molar refractivity (Wildman–Crippen MR) is 151 cm³/mol. The minimum Gasteiger partial charge on any atom is -0.493 e. The second-order valence-electron chi connectivity index (χ2n) is 9.71. The van der Waals surface area contributed by atoms with E-state index in [9.17, 15) is 25.2 Å². The molecule has 9 atom stereocenters. The second-order valence-corrected chi connectivity index (χ2v) is 9.71. The van der Waals surface area contributed by atoms with Crippen molar-refractivity contribution in [3.63, 3.8) is 0 Å². The molecule has 3 fully saturated rings. The van der Waals surface area contributed by atoms with Gasteiger partial charge in [0.25, 0.3) is 0 Å². The Morgan fingerprint density at radius 3 is 1.65 bits per heavy atom. The van der Waals surface area contributed by atoms with Crippen LogP contribution in [-0.4, -0.2) is 104 Å². The van der Waals surface area contributed by atoms with Crippen molar-refractivity contribution < 1.29 is 63.5 Å². The average molecular weight is 611 g/mol. The largest absolute Gasteiger partial charge is 0.493 e. The molecule has 3 aliphatic heterocycles. The number of benzene rings is 2. The lowest BCUT2D eigenvalue weighted by atomic mass is 9.85. The zero-order valence-electron chi connectivity index (χ0n) is 25.1. The van der Waals surface area contributed by atoms with Crippen molar-refractivity contribution in [2.75, 3.05) is 41.7 Å². The van der Waals surface area contributed by atoms with Crippen molar-refractivity contribution in [3.05, 3.63) is 47.5 Å². The Balaban J connectivity index is 0.00000121. The molecule has 5 N–H and O–H groups in total. The molecule has 240 valence electrons. The summed E-state index contributed by atoms with van der Waals surface area (Å²) in [6.07, 6.45) is -9.20. The highest BCUT2D eigenvalue weighted by Crippen LogP contribution is 2.51. The van der Waals surface area contributed by atoms with Crippen LogP contribution < -0.4 is 18.9 Å². The Hall–Kier alpha value is -3.17. The molecular formula is C30H42O13. The number of ether oxygens (including phenoxy) is 7. The summed E-state index contributed by atoms with van der Waals surface area (Å²) in [7, 11) is 5.60. The predicted octanol–water partition coefficient (Wildman–Crippen LogP) is 1.69. The third kappa shape index (κ3) is 6.99. The van der Waals surface area contributed by atoms with Gasteiger partial charge in [0.15, 0.2) is 29.1 Å². The highest BCUT2D eigenvalue weighted by Gasteiger charge is 2.50. The smallest absolute Gasteiger partial charge is 0.335 e. The third-order valence-electron chi connectivity index (χ3n) is 7.57. The van der Waals surface area contributed by atoms with Gasteiger partial charge < -0.3 is 58.7 Å². The van der Waals surface area contributed by atoms with Gasteiger partial charge in [0.2, 0.25) is 6.29 Å². The molecule has 5 unspecified atom stereocenters. The molecule has 0 bridgehead atoms. The molecular weight excluding hydrogens is 568 g/mol. The highest BCUT2D eigenvalue weighted by molar-refractivity contribution is 5.73. The normalized spacial score (nSPS) is 31.0. The van der Waals surface area contributed by atoms with E-state index in [-0.39, 0.29) is 29.8 Å². The first-order valence-electron chi connectivity index (χ1n) is 13.9. The van der Waals surface area contributed by atoms with E-state index in [4.69, 9.17) is 38.3 Å². The summed E-state index contributed by atoms with van der Waals surface area (Å²) in [6, 6.07) is 10.9. The topological polar surface area (TPSA) is 183 Å². The van der Waals surface area contributed by atoms with E-state index in [1.807, 2.05) is 38.1 Å². The van der Waals surface area contributed by atoms with E-state index in [1.54, 1.807) is 26.4 Å². The number of aliphatic hydroxyl groups excluding tert-OH is 4. The SMILES string of the molecule is CC.CO.COc1ccc([C@H]2OCC3C(c4ccc(OC)c(OC5O[C@@H](C(=O)O)[C@H](O)C(O)[C@@H]5O)c4)OCC32)cc1OC. The van der Waals surface area contributed by atoms with Gasteiger partial charge in [-0.1, -0.05) is 26.0 Å². The lowest BCUT2D eigenvalue weighted by molar-refractivity contribution is -0.271. The van der Waals surface area contributed by atoms with Crippen LogP contribution in [0.3, 0.4) is 0 Å². The molecule has 13 heteroatoms. The van der Waals surface area contributed by atoms with Gasteiger partial charge in [-0.05, 0) is 35.4 Å². The number of hydrogen-bond acceptors (Lipinski definition) is 12. The number of carboxylic acids is 1. The van der Waals surface area contributed by atoms with Crippen molar-refractivity contribution in [2.24, 2.45) is 11.8 Å². The van der Waals surface area contributed by atoms with Crippen LogP contribution in [0.2, 0.25) is 0 Å². The maximum atomic E-state index is 11.5. The van der Waals surface area contributed by atoms with Crippen molar-refractivity contribution in [2.45, 2.75) is 56.8 Å². The van der Waals surface area contributed by atoms with E-state index >= 15 is 0 Å². The molecule has 0 radical (unpaired) electrons. The second kappa shape index (κ2) is 15.5. The van der Waals surface area contributed by atoms with Crippen LogP contribution in [0, 0.1) is 11.8 Å². The van der Waals surface area contributed by atoms with Gasteiger partial charge >= 0.3 is 5.97 Å². The first-order valence-corrected chi connectivity index (χ1v) is 13.9. The summed E-state index contributed by atoms with van der Waals surface area (Å²) in [6.45, 7) is 4.93. The Kier molecular flexibility index (Phi) is 12.4. The van der Waals surface area contributed by atoms with E-state index in [0.29, 0.717) is 30.5 Å². The number of hydrogen-bond donors (Lipinski definition) is 5. The summed E-state index contributed by atoms with van der Waals surface area (Å²) in [5, 5.41) is 46.8. The maximum Gasteiger partial charge on any atom is 0.335 e. The fraction of sp³-hybridized carbons (Fsp3) is 0.567.